The first-order valence-corrected chi connectivity index (χ1v) is 12.5. The average molecular weight is 552 g/mol. The van der Waals surface area contributed by atoms with E-state index in [0.717, 1.165) is 10.8 Å². The molecule has 0 saturated carbocycles. The summed E-state index contributed by atoms with van der Waals surface area (Å²) in [6.07, 6.45) is -2.04. The molecule has 0 bridgehead atoms. The van der Waals surface area contributed by atoms with Gasteiger partial charge in [-0.2, -0.15) is 0 Å². The molecule has 200 valence electrons. The van der Waals surface area contributed by atoms with Gasteiger partial charge in [-0.3, -0.25) is 14.3 Å². The summed E-state index contributed by atoms with van der Waals surface area (Å²) >= 11 is 5.74. The zero-order valence-corrected chi connectivity index (χ0v) is 21.6. The van der Waals surface area contributed by atoms with Crippen LogP contribution in [-0.2, 0) is 18.8 Å². The Bertz CT molecular complexity index is 1070. The highest BCUT2D eigenvalue weighted by Gasteiger charge is 2.49. The fourth-order valence-electron chi connectivity index (χ4n) is 2.92. The van der Waals surface area contributed by atoms with Crippen LogP contribution in [0.1, 0.15) is 32.9 Å². The van der Waals surface area contributed by atoms with Crippen molar-refractivity contribution in [2.45, 2.75) is 51.0 Å². The van der Waals surface area contributed by atoms with Crippen LogP contribution in [0.5, 0.6) is 5.75 Å². The highest BCUT2D eigenvalue weighted by atomic mass is 35.5. The Hall–Kier alpha value is -2.21. The molecule has 2 N–H and O–H groups in total. The highest BCUT2D eigenvalue weighted by molar-refractivity contribution is 7.45. The summed E-state index contributed by atoms with van der Waals surface area (Å²) in [7, 11) is -0.232. The number of benzene rings is 1. The molecule has 0 aliphatic carbocycles. The molecule has 10 nitrogen and oxygen atoms in total. The van der Waals surface area contributed by atoms with Gasteiger partial charge in [-0.05, 0) is 38.8 Å². The standard InChI is InChI=1S/C18H19ClF2N3O6P.C4H10O/c19-13-10-24(17(27)23-15(13)26)14-6-7-18(29-14,16(20)21)11-28-31(22-8-9-25)30-12-4-2-1-3-5-12;1-4(2)5-3/h1-5,9-10,14,16,22H,6-8,11H2,(H,23,26,27);4H,1-3H3. The number of carbonyl (C=O) groups excluding carboxylic acids is 1. The Kier molecular flexibility index (Phi) is 12.1. The van der Waals surface area contributed by atoms with Crippen LogP contribution in [0.3, 0.4) is 0 Å². The van der Waals surface area contributed by atoms with Gasteiger partial charge in [0.25, 0.3) is 12.0 Å². The summed E-state index contributed by atoms with van der Waals surface area (Å²) in [5, 5.41) is 2.43. The lowest BCUT2D eigenvalue weighted by atomic mass is 10.0. The number of para-hydroxylation sites is 1. The van der Waals surface area contributed by atoms with E-state index in [4.69, 9.17) is 30.1 Å². The summed E-state index contributed by atoms with van der Waals surface area (Å²) in [5.41, 5.74) is -3.63. The predicted molar refractivity (Wildman–Crippen MR) is 131 cm³/mol. The van der Waals surface area contributed by atoms with Crippen LogP contribution in [-0.4, -0.2) is 54.2 Å². The number of carbonyl (C=O) groups is 1. The van der Waals surface area contributed by atoms with Crippen LogP contribution in [0.2, 0.25) is 5.02 Å². The number of rotatable bonds is 11. The van der Waals surface area contributed by atoms with Gasteiger partial charge in [0.2, 0.25) is 0 Å². The maximum Gasteiger partial charge on any atom is 0.330 e. The molecule has 0 spiro atoms. The Balaban J connectivity index is 0.000000830. The molecule has 1 aromatic carbocycles. The van der Waals surface area contributed by atoms with Gasteiger partial charge in [-0.1, -0.05) is 29.8 Å². The van der Waals surface area contributed by atoms with Crippen LogP contribution >= 0.6 is 20.1 Å². The van der Waals surface area contributed by atoms with Crippen molar-refractivity contribution in [1.82, 2.24) is 14.6 Å². The number of aromatic amines is 1. The first kappa shape index (κ1) is 30.0. The van der Waals surface area contributed by atoms with E-state index in [1.165, 1.54) is 0 Å². The predicted octanol–water partition coefficient (Wildman–Crippen LogP) is 3.66. The number of aromatic nitrogens is 2. The lowest BCUT2D eigenvalue weighted by Crippen LogP contribution is -2.43. The fraction of sp³-hybridized carbons (Fsp3) is 0.500. The van der Waals surface area contributed by atoms with Crippen LogP contribution < -0.4 is 20.9 Å². The smallest absolute Gasteiger partial charge is 0.330 e. The molecular formula is C22H29ClF2N3O7P. The topological polar surface area (TPSA) is 121 Å². The van der Waals surface area contributed by atoms with Crippen molar-refractivity contribution in [3.05, 3.63) is 62.4 Å². The Morgan fingerprint density at radius 1 is 1.33 bits per heavy atom. The van der Waals surface area contributed by atoms with Crippen molar-refractivity contribution in [2.24, 2.45) is 0 Å². The van der Waals surface area contributed by atoms with Gasteiger partial charge in [0.1, 0.15) is 23.3 Å². The zero-order chi connectivity index (χ0) is 26.7. The number of methoxy groups -OCH3 is 1. The Morgan fingerprint density at radius 3 is 2.58 bits per heavy atom. The molecule has 36 heavy (non-hydrogen) atoms. The number of halogens is 3. The van der Waals surface area contributed by atoms with Crippen molar-refractivity contribution in [3.63, 3.8) is 0 Å². The first-order chi connectivity index (χ1) is 17.1. The number of hydrogen-bond acceptors (Lipinski definition) is 8. The highest BCUT2D eigenvalue weighted by Crippen LogP contribution is 2.44. The third-order valence-electron chi connectivity index (χ3n) is 4.95. The van der Waals surface area contributed by atoms with Crippen molar-refractivity contribution in [3.8, 4) is 5.75 Å². The lowest BCUT2D eigenvalue weighted by Gasteiger charge is -2.30. The second-order valence-electron chi connectivity index (χ2n) is 7.87. The molecule has 1 fully saturated rings. The first-order valence-electron chi connectivity index (χ1n) is 10.9. The van der Waals surface area contributed by atoms with E-state index in [-0.39, 0.29) is 24.4 Å². The van der Waals surface area contributed by atoms with Gasteiger partial charge >= 0.3 is 14.2 Å². The lowest BCUT2D eigenvalue weighted by molar-refractivity contribution is -0.165. The second kappa shape index (κ2) is 14.5. The number of ether oxygens (including phenoxy) is 2. The zero-order valence-electron chi connectivity index (χ0n) is 20.0. The van der Waals surface area contributed by atoms with Gasteiger partial charge < -0.3 is 23.3 Å². The Morgan fingerprint density at radius 2 is 2.00 bits per heavy atom. The van der Waals surface area contributed by atoms with Crippen LogP contribution in [0.25, 0.3) is 0 Å². The Labute approximate surface area is 212 Å². The molecule has 1 aliphatic rings. The summed E-state index contributed by atoms with van der Waals surface area (Å²) in [5.74, 6) is 0.428. The maximum absolute atomic E-state index is 14.0. The number of aldehydes is 1. The molecule has 3 unspecified atom stereocenters. The van der Waals surface area contributed by atoms with E-state index < -0.39 is 44.6 Å². The molecule has 3 atom stereocenters. The van der Waals surface area contributed by atoms with Crippen molar-refractivity contribution < 1.29 is 32.1 Å². The van der Waals surface area contributed by atoms with E-state index in [1.807, 2.05) is 18.8 Å². The quantitative estimate of drug-likeness (QED) is 0.321. The number of nitrogens with one attached hydrogen (secondary N) is 2. The third kappa shape index (κ3) is 8.72. The molecule has 3 rings (SSSR count). The number of hydrogen-bond donors (Lipinski definition) is 2. The number of H-pyrrole nitrogens is 1. The van der Waals surface area contributed by atoms with Crippen molar-refractivity contribution in [2.75, 3.05) is 20.3 Å². The molecule has 0 radical (unpaired) electrons. The fourth-order valence-corrected chi connectivity index (χ4v) is 4.15. The minimum absolute atomic E-state index is 0.0647. The summed E-state index contributed by atoms with van der Waals surface area (Å²) < 4.78 is 50.4. The normalized spacial score (nSPS) is 20.2. The van der Waals surface area contributed by atoms with Gasteiger partial charge in [0.05, 0.1) is 19.3 Å². The molecule has 1 aliphatic heterocycles. The van der Waals surface area contributed by atoms with Crippen LogP contribution in [0.15, 0.2) is 46.1 Å². The van der Waals surface area contributed by atoms with Gasteiger partial charge in [-0.25, -0.2) is 18.7 Å². The van der Waals surface area contributed by atoms with E-state index >= 15 is 0 Å². The number of alkyl halides is 2. The second-order valence-corrected chi connectivity index (χ2v) is 9.55. The van der Waals surface area contributed by atoms with E-state index in [2.05, 4.69) is 5.09 Å². The minimum Gasteiger partial charge on any atom is -0.436 e. The molecule has 2 aromatic rings. The molecular weight excluding hydrogens is 523 g/mol. The largest absolute Gasteiger partial charge is 0.436 e. The monoisotopic (exact) mass is 551 g/mol. The van der Waals surface area contributed by atoms with E-state index in [0.29, 0.717) is 18.1 Å². The molecule has 0 amide bonds. The van der Waals surface area contributed by atoms with Gasteiger partial charge in [-0.15, -0.1) is 0 Å². The van der Waals surface area contributed by atoms with Crippen LogP contribution in [0.4, 0.5) is 8.78 Å². The summed E-state index contributed by atoms with van der Waals surface area (Å²) in [6.45, 7) is 3.34. The SMILES string of the molecule is COC(C)C.O=CCNP(OCC1(C(F)F)CCC(n2cc(Cl)c(=O)[nH]c2=O)O1)Oc1ccccc1. The molecule has 1 aromatic heterocycles. The molecule has 14 heteroatoms. The molecule has 2 heterocycles. The van der Waals surface area contributed by atoms with E-state index in [1.54, 1.807) is 37.4 Å². The van der Waals surface area contributed by atoms with Crippen molar-refractivity contribution in [1.29, 1.82) is 0 Å². The van der Waals surface area contributed by atoms with Gasteiger partial charge in [0.15, 0.2) is 5.60 Å². The molecule has 1 saturated heterocycles. The third-order valence-corrected chi connectivity index (χ3v) is 6.40. The number of nitrogens with zero attached hydrogens (tertiary/aromatic N) is 1. The summed E-state index contributed by atoms with van der Waals surface area (Å²) in [6, 6.07) is 8.53. The minimum atomic E-state index is -2.94. The maximum atomic E-state index is 14.0. The average Bonchev–Trinajstić information content (AvgIpc) is 3.29. The van der Waals surface area contributed by atoms with E-state index in [9.17, 15) is 23.2 Å². The van der Waals surface area contributed by atoms with Gasteiger partial charge in [0, 0.05) is 13.3 Å². The van der Waals surface area contributed by atoms with Crippen molar-refractivity contribution >= 4 is 26.4 Å². The summed E-state index contributed by atoms with van der Waals surface area (Å²) in [4.78, 5) is 36.2. The van der Waals surface area contributed by atoms with Crippen LogP contribution in [0, 0.1) is 0 Å².